The van der Waals surface area contributed by atoms with Gasteiger partial charge in [-0.05, 0) is 12.0 Å². The number of carbonyl (C=O) groups is 1. The van der Waals surface area contributed by atoms with Gasteiger partial charge in [-0.2, -0.15) is 0 Å². The molecular weight excluding hydrogens is 242 g/mol. The summed E-state index contributed by atoms with van der Waals surface area (Å²) in [6, 6.07) is 8.68. The zero-order chi connectivity index (χ0) is 13.8. The molecule has 0 saturated carbocycles. The maximum Gasteiger partial charge on any atom is 0.242 e. The number of rotatable bonds is 4. The maximum absolute atomic E-state index is 12.0. The number of nitrogens with one attached hydrogen (secondary N) is 1. The molecule has 5 nitrogen and oxygen atoms in total. The van der Waals surface area contributed by atoms with Gasteiger partial charge in [0.15, 0.2) is 0 Å². The van der Waals surface area contributed by atoms with Crippen molar-refractivity contribution in [2.45, 2.75) is 24.6 Å². The summed E-state index contributed by atoms with van der Waals surface area (Å²) in [5.41, 5.74) is 7.09. The Balaban J connectivity index is 1.98. The Bertz CT molecular complexity index is 424. The Labute approximate surface area is 113 Å². The maximum atomic E-state index is 12.0. The molecule has 0 radical (unpaired) electrons. The van der Waals surface area contributed by atoms with E-state index in [1.54, 1.807) is 11.9 Å². The van der Waals surface area contributed by atoms with E-state index in [0.717, 1.165) is 5.56 Å². The number of likely N-dealkylation sites (N-methyl/N-ethyl adjacent to an activating group) is 1. The van der Waals surface area contributed by atoms with Crippen LogP contribution in [0.4, 0.5) is 0 Å². The first-order valence-corrected chi connectivity index (χ1v) is 6.55. The minimum atomic E-state index is -0.879. The van der Waals surface area contributed by atoms with Gasteiger partial charge in [0.25, 0.3) is 0 Å². The van der Waals surface area contributed by atoms with Crippen molar-refractivity contribution < 1.29 is 9.90 Å². The second kappa shape index (κ2) is 6.14. The van der Waals surface area contributed by atoms with E-state index in [9.17, 15) is 9.90 Å². The van der Waals surface area contributed by atoms with Crippen LogP contribution in [-0.4, -0.2) is 54.2 Å². The van der Waals surface area contributed by atoms with Crippen molar-refractivity contribution in [2.75, 3.05) is 20.1 Å². The summed E-state index contributed by atoms with van der Waals surface area (Å²) in [6.45, 7) is 1.35. The molecule has 1 aliphatic heterocycles. The molecular formula is C14H21N3O2. The number of nitrogens with two attached hydrogens (primary N) is 1. The highest BCUT2D eigenvalue weighted by Crippen LogP contribution is 2.10. The van der Waals surface area contributed by atoms with Gasteiger partial charge in [-0.25, -0.2) is 0 Å². The van der Waals surface area contributed by atoms with Crippen LogP contribution in [-0.2, 0) is 11.2 Å². The number of hydrogen-bond donors (Lipinski definition) is 3. The highest BCUT2D eigenvalue weighted by molar-refractivity contribution is 5.83. The van der Waals surface area contributed by atoms with Gasteiger partial charge in [-0.15, -0.1) is 0 Å². The second-order valence-electron chi connectivity index (χ2n) is 5.04. The number of hydrogen-bond acceptors (Lipinski definition) is 4. The molecule has 2 rings (SSSR count). The summed E-state index contributed by atoms with van der Waals surface area (Å²) in [5.74, 6) is -0.0951. The molecule has 0 bridgehead atoms. The van der Waals surface area contributed by atoms with Crippen LogP contribution in [0.25, 0.3) is 0 Å². The Morgan fingerprint density at radius 1 is 1.47 bits per heavy atom. The van der Waals surface area contributed by atoms with Crippen LogP contribution in [0.15, 0.2) is 30.3 Å². The predicted octanol–water partition coefficient (Wildman–Crippen LogP) is -0.652. The second-order valence-corrected chi connectivity index (χ2v) is 5.04. The first-order chi connectivity index (χ1) is 9.09. The minimum Gasteiger partial charge on any atom is -0.389 e. The highest BCUT2D eigenvalue weighted by atomic mass is 16.3. The van der Waals surface area contributed by atoms with Crippen molar-refractivity contribution in [1.29, 1.82) is 0 Å². The lowest BCUT2D eigenvalue weighted by molar-refractivity contribution is -0.137. The van der Waals surface area contributed by atoms with Crippen molar-refractivity contribution in [3.8, 4) is 0 Å². The normalized spacial score (nSPS) is 23.2. The third-order valence-electron chi connectivity index (χ3n) is 3.55. The van der Waals surface area contributed by atoms with E-state index in [2.05, 4.69) is 5.32 Å². The smallest absolute Gasteiger partial charge is 0.242 e. The fourth-order valence-electron chi connectivity index (χ4n) is 2.34. The molecule has 0 aromatic heterocycles. The first kappa shape index (κ1) is 14.0. The number of amides is 1. The van der Waals surface area contributed by atoms with Crippen LogP contribution < -0.4 is 11.1 Å². The molecule has 4 N–H and O–H groups in total. The van der Waals surface area contributed by atoms with Crippen molar-refractivity contribution in [1.82, 2.24) is 10.2 Å². The Morgan fingerprint density at radius 2 is 2.16 bits per heavy atom. The van der Waals surface area contributed by atoms with E-state index < -0.39 is 18.2 Å². The van der Waals surface area contributed by atoms with Gasteiger partial charge in [0.1, 0.15) is 6.04 Å². The molecule has 1 heterocycles. The number of benzene rings is 1. The van der Waals surface area contributed by atoms with Crippen LogP contribution in [0.3, 0.4) is 0 Å². The van der Waals surface area contributed by atoms with Gasteiger partial charge >= 0.3 is 0 Å². The van der Waals surface area contributed by atoms with E-state index in [4.69, 9.17) is 5.73 Å². The largest absolute Gasteiger partial charge is 0.389 e. The molecule has 3 atom stereocenters. The van der Waals surface area contributed by atoms with E-state index in [1.165, 1.54) is 0 Å². The topological polar surface area (TPSA) is 78.6 Å². The molecule has 1 amide bonds. The monoisotopic (exact) mass is 263 g/mol. The summed E-state index contributed by atoms with van der Waals surface area (Å²) in [4.78, 5) is 13.6. The third kappa shape index (κ3) is 3.32. The fraction of sp³-hybridized carbons (Fsp3) is 0.500. The lowest BCUT2D eigenvalue weighted by Gasteiger charge is -2.35. The average Bonchev–Trinajstić information content (AvgIpc) is 2.42. The molecule has 104 valence electrons. The molecule has 0 aliphatic carbocycles. The van der Waals surface area contributed by atoms with E-state index in [0.29, 0.717) is 19.5 Å². The molecule has 19 heavy (non-hydrogen) atoms. The molecule has 3 unspecified atom stereocenters. The molecule has 1 fully saturated rings. The lowest BCUT2D eigenvalue weighted by Crippen LogP contribution is -2.62. The van der Waals surface area contributed by atoms with E-state index >= 15 is 0 Å². The number of carbonyl (C=O) groups excluding carboxylic acids is 1. The standard InChI is InChI=1S/C14H21N3O2/c1-17-8-7-16-12(14(17)19)13(18)11(15)9-10-5-3-2-4-6-10/h2-6,11-13,16,18H,7-9,15H2,1H3. The number of nitrogens with zero attached hydrogens (tertiary/aromatic N) is 1. The molecule has 1 aliphatic rings. The average molecular weight is 263 g/mol. The summed E-state index contributed by atoms with van der Waals surface area (Å²) in [6.07, 6.45) is -0.326. The Kier molecular flexibility index (Phi) is 4.52. The van der Waals surface area contributed by atoms with Crippen molar-refractivity contribution in [2.24, 2.45) is 5.73 Å². The minimum absolute atomic E-state index is 0.0951. The molecule has 1 saturated heterocycles. The van der Waals surface area contributed by atoms with Gasteiger partial charge in [0.2, 0.25) is 5.91 Å². The van der Waals surface area contributed by atoms with Gasteiger partial charge in [0.05, 0.1) is 6.10 Å². The Hall–Kier alpha value is -1.43. The van der Waals surface area contributed by atoms with Crippen LogP contribution in [0.5, 0.6) is 0 Å². The SMILES string of the molecule is CN1CCNC(C(O)C(N)Cc2ccccc2)C1=O. The number of aliphatic hydroxyl groups is 1. The van der Waals surface area contributed by atoms with Crippen LogP contribution in [0.2, 0.25) is 0 Å². The van der Waals surface area contributed by atoms with E-state index in [-0.39, 0.29) is 5.91 Å². The van der Waals surface area contributed by atoms with Crippen LogP contribution in [0.1, 0.15) is 5.56 Å². The summed E-state index contributed by atoms with van der Waals surface area (Å²) < 4.78 is 0. The molecule has 5 heteroatoms. The third-order valence-corrected chi connectivity index (χ3v) is 3.55. The highest BCUT2D eigenvalue weighted by Gasteiger charge is 2.35. The quantitative estimate of drug-likeness (QED) is 0.674. The summed E-state index contributed by atoms with van der Waals surface area (Å²) >= 11 is 0. The molecule has 1 aromatic rings. The molecule has 1 aromatic carbocycles. The summed E-state index contributed by atoms with van der Waals surface area (Å²) in [5, 5.41) is 13.3. The van der Waals surface area contributed by atoms with Gasteiger partial charge in [-0.3, -0.25) is 4.79 Å². The number of aliphatic hydroxyl groups excluding tert-OH is 1. The van der Waals surface area contributed by atoms with Crippen molar-refractivity contribution >= 4 is 5.91 Å². The first-order valence-electron chi connectivity index (χ1n) is 6.55. The van der Waals surface area contributed by atoms with Crippen molar-refractivity contribution in [3.63, 3.8) is 0 Å². The van der Waals surface area contributed by atoms with E-state index in [1.807, 2.05) is 30.3 Å². The Morgan fingerprint density at radius 3 is 2.84 bits per heavy atom. The van der Waals surface area contributed by atoms with Crippen LogP contribution >= 0.6 is 0 Å². The van der Waals surface area contributed by atoms with Gasteiger partial charge in [-0.1, -0.05) is 30.3 Å². The predicted molar refractivity (Wildman–Crippen MR) is 73.6 cm³/mol. The van der Waals surface area contributed by atoms with Gasteiger partial charge < -0.3 is 21.1 Å². The van der Waals surface area contributed by atoms with Crippen molar-refractivity contribution in [3.05, 3.63) is 35.9 Å². The number of piperazine rings is 1. The fourth-order valence-corrected chi connectivity index (χ4v) is 2.34. The lowest BCUT2D eigenvalue weighted by atomic mass is 9.95. The zero-order valence-corrected chi connectivity index (χ0v) is 11.1. The zero-order valence-electron chi connectivity index (χ0n) is 11.1. The molecule has 0 spiro atoms. The van der Waals surface area contributed by atoms with Crippen LogP contribution in [0, 0.1) is 0 Å². The summed E-state index contributed by atoms with van der Waals surface area (Å²) in [7, 11) is 1.74. The van der Waals surface area contributed by atoms with Gasteiger partial charge in [0, 0.05) is 26.2 Å².